The summed E-state index contributed by atoms with van der Waals surface area (Å²) < 4.78 is 24.6. The summed E-state index contributed by atoms with van der Waals surface area (Å²) in [5, 5.41) is 0. The molecule has 0 aliphatic heterocycles. The first-order chi connectivity index (χ1) is 9.49. The molecule has 0 aromatic heterocycles. The minimum atomic E-state index is -0.342. The van der Waals surface area contributed by atoms with E-state index in [4.69, 9.17) is 15.2 Å². The van der Waals surface area contributed by atoms with Crippen molar-refractivity contribution in [3.05, 3.63) is 29.6 Å². The molecule has 1 unspecified atom stereocenters. The Balaban J connectivity index is 2.30. The van der Waals surface area contributed by atoms with Crippen LogP contribution in [0.5, 0.6) is 5.75 Å². The molecule has 0 saturated heterocycles. The van der Waals surface area contributed by atoms with E-state index >= 15 is 0 Å². The third-order valence-electron chi connectivity index (χ3n) is 2.88. The summed E-state index contributed by atoms with van der Waals surface area (Å²) in [6.07, 6.45) is 1.69. The number of halogens is 1. The Labute approximate surface area is 121 Å². The molecule has 0 amide bonds. The largest absolute Gasteiger partial charge is 0.488 e. The van der Waals surface area contributed by atoms with Crippen LogP contribution in [0.2, 0.25) is 0 Å². The lowest BCUT2D eigenvalue weighted by atomic mass is 10.1. The highest BCUT2D eigenvalue weighted by atomic mass is 19.1. The van der Waals surface area contributed by atoms with Crippen LogP contribution in [0.3, 0.4) is 0 Å². The van der Waals surface area contributed by atoms with Gasteiger partial charge in [-0.25, -0.2) is 4.39 Å². The fourth-order valence-corrected chi connectivity index (χ4v) is 1.79. The molecule has 1 atom stereocenters. The molecule has 0 spiro atoms. The van der Waals surface area contributed by atoms with Gasteiger partial charge in [-0.3, -0.25) is 0 Å². The number of nitrogens with two attached hydrogens (primary N) is 1. The van der Waals surface area contributed by atoms with Gasteiger partial charge in [-0.1, -0.05) is 19.9 Å². The summed E-state index contributed by atoms with van der Waals surface area (Å²) >= 11 is 0. The Morgan fingerprint density at radius 2 is 1.90 bits per heavy atom. The fourth-order valence-electron chi connectivity index (χ4n) is 1.79. The van der Waals surface area contributed by atoms with Crippen molar-refractivity contribution < 1.29 is 13.9 Å². The second-order valence-electron chi connectivity index (χ2n) is 5.59. The number of hydrogen-bond acceptors (Lipinski definition) is 3. The number of benzene rings is 1. The van der Waals surface area contributed by atoms with Crippen LogP contribution in [-0.4, -0.2) is 25.9 Å². The highest BCUT2D eigenvalue weighted by molar-refractivity contribution is 5.29. The van der Waals surface area contributed by atoms with Gasteiger partial charge in [-0.05, 0) is 43.4 Å². The minimum Gasteiger partial charge on any atom is -0.488 e. The molecule has 0 bridgehead atoms. The zero-order chi connectivity index (χ0) is 15.0. The van der Waals surface area contributed by atoms with Gasteiger partial charge in [0.15, 0.2) is 11.6 Å². The zero-order valence-corrected chi connectivity index (χ0v) is 12.7. The molecule has 20 heavy (non-hydrogen) atoms. The maximum atomic E-state index is 13.8. The van der Waals surface area contributed by atoms with Gasteiger partial charge in [-0.15, -0.1) is 0 Å². The van der Waals surface area contributed by atoms with Crippen LogP contribution in [-0.2, 0) is 11.2 Å². The molecule has 0 aliphatic carbocycles. The van der Waals surface area contributed by atoms with Gasteiger partial charge in [0, 0.05) is 12.6 Å². The normalized spacial score (nSPS) is 12.7. The highest BCUT2D eigenvalue weighted by Crippen LogP contribution is 2.19. The maximum Gasteiger partial charge on any atom is 0.165 e. The van der Waals surface area contributed by atoms with Gasteiger partial charge in [0.1, 0.15) is 6.61 Å². The molecule has 3 nitrogen and oxygen atoms in total. The molecule has 114 valence electrons. The van der Waals surface area contributed by atoms with E-state index in [1.54, 1.807) is 6.07 Å². The van der Waals surface area contributed by atoms with Crippen molar-refractivity contribution in [2.45, 2.75) is 39.7 Å². The van der Waals surface area contributed by atoms with Gasteiger partial charge in [0.05, 0.1) is 6.61 Å². The van der Waals surface area contributed by atoms with Crippen LogP contribution in [0.15, 0.2) is 18.2 Å². The molecule has 2 N–H and O–H groups in total. The molecule has 1 aromatic carbocycles. The van der Waals surface area contributed by atoms with Crippen molar-refractivity contribution in [1.82, 2.24) is 0 Å². The van der Waals surface area contributed by atoms with Gasteiger partial charge in [0.2, 0.25) is 0 Å². The molecular formula is C16H26FNO2. The minimum absolute atomic E-state index is 0.0236. The molecule has 0 aliphatic rings. The third kappa shape index (κ3) is 6.87. The molecule has 1 aromatic rings. The molecule has 0 radical (unpaired) electrons. The highest BCUT2D eigenvalue weighted by Gasteiger charge is 2.06. The van der Waals surface area contributed by atoms with Gasteiger partial charge < -0.3 is 15.2 Å². The Bertz CT molecular complexity index is 394. The summed E-state index contributed by atoms with van der Waals surface area (Å²) in [7, 11) is 0. The van der Waals surface area contributed by atoms with Crippen LogP contribution in [0.1, 0.15) is 32.8 Å². The molecule has 4 heteroatoms. The van der Waals surface area contributed by atoms with E-state index < -0.39 is 0 Å². The first-order valence-electron chi connectivity index (χ1n) is 7.23. The van der Waals surface area contributed by atoms with Crippen LogP contribution in [0, 0.1) is 11.7 Å². The number of ether oxygens (including phenoxy) is 2. The van der Waals surface area contributed by atoms with E-state index in [2.05, 4.69) is 13.8 Å². The first-order valence-corrected chi connectivity index (χ1v) is 7.23. The Hall–Kier alpha value is -1.13. The lowest BCUT2D eigenvalue weighted by Gasteiger charge is -2.10. The molecular weight excluding hydrogens is 257 g/mol. The molecule has 0 saturated carbocycles. The van der Waals surface area contributed by atoms with Gasteiger partial charge >= 0.3 is 0 Å². The summed E-state index contributed by atoms with van der Waals surface area (Å²) in [6, 6.07) is 5.01. The second kappa shape index (κ2) is 8.93. The maximum absolute atomic E-state index is 13.8. The lowest BCUT2D eigenvalue weighted by Crippen LogP contribution is -2.17. The van der Waals surface area contributed by atoms with E-state index in [1.807, 2.05) is 13.0 Å². The van der Waals surface area contributed by atoms with Crippen LogP contribution < -0.4 is 10.5 Å². The Kier molecular flexibility index (Phi) is 7.55. The Morgan fingerprint density at radius 3 is 2.50 bits per heavy atom. The zero-order valence-electron chi connectivity index (χ0n) is 12.7. The monoisotopic (exact) mass is 283 g/mol. The first kappa shape index (κ1) is 16.9. The van der Waals surface area contributed by atoms with E-state index in [0.717, 1.165) is 18.6 Å². The Morgan fingerprint density at radius 1 is 1.15 bits per heavy atom. The van der Waals surface area contributed by atoms with Crippen molar-refractivity contribution in [2.75, 3.05) is 19.8 Å². The van der Waals surface area contributed by atoms with E-state index in [9.17, 15) is 4.39 Å². The summed E-state index contributed by atoms with van der Waals surface area (Å²) in [5.41, 5.74) is 6.58. The van der Waals surface area contributed by atoms with Crippen LogP contribution >= 0.6 is 0 Å². The van der Waals surface area contributed by atoms with Gasteiger partial charge in [-0.2, -0.15) is 0 Å². The lowest BCUT2D eigenvalue weighted by molar-refractivity contribution is 0.0913. The summed E-state index contributed by atoms with van der Waals surface area (Å²) in [4.78, 5) is 0. The topological polar surface area (TPSA) is 44.5 Å². The average molecular weight is 283 g/mol. The fraction of sp³-hybridized carbons (Fsp3) is 0.625. The van der Waals surface area contributed by atoms with Crippen LogP contribution in [0.25, 0.3) is 0 Å². The second-order valence-corrected chi connectivity index (χ2v) is 5.59. The number of rotatable bonds is 9. The van der Waals surface area contributed by atoms with Crippen molar-refractivity contribution in [1.29, 1.82) is 0 Å². The smallest absolute Gasteiger partial charge is 0.165 e. The molecule has 0 fully saturated rings. The molecule has 1 rings (SSSR count). The van der Waals surface area contributed by atoms with E-state index in [-0.39, 0.29) is 17.6 Å². The SMILES string of the molecule is CC(C)CCOCCOc1ccc(CC(C)N)cc1F. The third-order valence-corrected chi connectivity index (χ3v) is 2.88. The quantitative estimate of drug-likeness (QED) is 0.708. The predicted octanol–water partition coefficient (Wildman–Crippen LogP) is 3.16. The predicted molar refractivity (Wildman–Crippen MR) is 79.5 cm³/mol. The standard InChI is InChI=1S/C16H26FNO2/c1-12(2)6-7-19-8-9-20-16-5-4-14(10-13(3)18)11-15(16)17/h4-5,11-13H,6-10,18H2,1-3H3. The van der Waals surface area contributed by atoms with Crippen LogP contribution in [0.4, 0.5) is 4.39 Å². The number of hydrogen-bond donors (Lipinski definition) is 1. The molecule has 0 heterocycles. The van der Waals surface area contributed by atoms with Crippen molar-refractivity contribution in [3.63, 3.8) is 0 Å². The average Bonchev–Trinajstić information content (AvgIpc) is 2.34. The van der Waals surface area contributed by atoms with Crippen molar-refractivity contribution in [2.24, 2.45) is 11.7 Å². The van der Waals surface area contributed by atoms with Crippen molar-refractivity contribution >= 4 is 0 Å². The van der Waals surface area contributed by atoms with E-state index in [1.165, 1.54) is 6.07 Å². The summed E-state index contributed by atoms with van der Waals surface area (Å²) in [6.45, 7) is 7.76. The van der Waals surface area contributed by atoms with Gasteiger partial charge in [0.25, 0.3) is 0 Å². The summed E-state index contributed by atoms with van der Waals surface area (Å²) in [5.74, 6) is 0.557. The van der Waals surface area contributed by atoms with E-state index in [0.29, 0.717) is 25.6 Å². The van der Waals surface area contributed by atoms with Crippen molar-refractivity contribution in [3.8, 4) is 5.75 Å².